The van der Waals surface area contributed by atoms with Gasteiger partial charge in [-0.2, -0.15) is 0 Å². The summed E-state index contributed by atoms with van der Waals surface area (Å²) in [5.41, 5.74) is 3.30. The molecular formula is C24H30N4O. The summed E-state index contributed by atoms with van der Waals surface area (Å²) >= 11 is 0. The van der Waals surface area contributed by atoms with Crippen molar-refractivity contribution in [2.45, 2.75) is 32.6 Å². The fraction of sp³-hybridized carbons (Fsp3) is 0.417. The Morgan fingerprint density at radius 3 is 2.52 bits per heavy atom. The molecule has 2 aromatic carbocycles. The van der Waals surface area contributed by atoms with Gasteiger partial charge in [0.05, 0.1) is 11.0 Å². The van der Waals surface area contributed by atoms with Crippen molar-refractivity contribution in [2.24, 2.45) is 5.92 Å². The van der Waals surface area contributed by atoms with Gasteiger partial charge in [-0.3, -0.25) is 4.79 Å². The molecule has 1 atom stereocenters. The molecule has 1 N–H and O–H groups in total. The van der Waals surface area contributed by atoms with E-state index in [0.717, 1.165) is 49.6 Å². The number of carbonyl (C=O) groups excluding carboxylic acids is 1. The maximum absolute atomic E-state index is 13.1. The lowest BCUT2D eigenvalue weighted by Gasteiger charge is -2.26. The maximum atomic E-state index is 13.1. The molecule has 1 aromatic heterocycles. The smallest absolute Gasteiger partial charge is 0.223 e. The molecule has 1 aliphatic rings. The van der Waals surface area contributed by atoms with Gasteiger partial charge in [-0.15, -0.1) is 0 Å². The van der Waals surface area contributed by atoms with E-state index in [4.69, 9.17) is 4.98 Å². The second-order valence-electron chi connectivity index (χ2n) is 8.26. The van der Waals surface area contributed by atoms with E-state index >= 15 is 0 Å². The summed E-state index contributed by atoms with van der Waals surface area (Å²) < 4.78 is 0. The molecular weight excluding hydrogens is 360 g/mol. The van der Waals surface area contributed by atoms with E-state index < -0.39 is 0 Å². The standard InChI is InChI=1S/C24H30N4O/c1-18(2)20(19-9-4-3-5-10-19)17-23(29)27-13-8-14-28(16-15-27)24-25-21-11-6-7-12-22(21)26-24/h3-7,9-12,18,20H,8,13-17H2,1-2H3,(H,25,26). The summed E-state index contributed by atoms with van der Waals surface area (Å²) in [7, 11) is 0. The largest absolute Gasteiger partial charge is 0.341 e. The third-order valence-corrected chi connectivity index (χ3v) is 5.95. The molecule has 1 amide bonds. The summed E-state index contributed by atoms with van der Waals surface area (Å²) in [5.74, 6) is 1.86. The number of para-hydroxylation sites is 2. The number of nitrogens with zero attached hydrogens (tertiary/aromatic N) is 3. The Morgan fingerprint density at radius 2 is 1.76 bits per heavy atom. The molecule has 5 heteroatoms. The minimum absolute atomic E-state index is 0.262. The lowest BCUT2D eigenvalue weighted by atomic mass is 9.85. The van der Waals surface area contributed by atoms with Crippen molar-refractivity contribution in [3.63, 3.8) is 0 Å². The number of nitrogens with one attached hydrogen (secondary N) is 1. The van der Waals surface area contributed by atoms with Gasteiger partial charge in [-0.25, -0.2) is 4.98 Å². The van der Waals surface area contributed by atoms with Crippen molar-refractivity contribution in [3.8, 4) is 0 Å². The molecule has 3 aromatic rings. The number of H-pyrrole nitrogens is 1. The number of carbonyl (C=O) groups is 1. The Bertz CT molecular complexity index is 917. The lowest BCUT2D eigenvalue weighted by Crippen LogP contribution is -2.36. The van der Waals surface area contributed by atoms with Crippen LogP contribution in [0.15, 0.2) is 54.6 Å². The van der Waals surface area contributed by atoms with Crippen LogP contribution in [0.3, 0.4) is 0 Å². The zero-order valence-corrected chi connectivity index (χ0v) is 17.3. The number of imidazole rings is 1. The molecule has 1 fully saturated rings. The number of hydrogen-bond acceptors (Lipinski definition) is 3. The first-order valence-corrected chi connectivity index (χ1v) is 10.6. The van der Waals surface area contributed by atoms with E-state index in [0.29, 0.717) is 12.3 Å². The summed E-state index contributed by atoms with van der Waals surface area (Å²) in [6, 6.07) is 18.5. The number of hydrogen-bond donors (Lipinski definition) is 1. The van der Waals surface area contributed by atoms with Crippen molar-refractivity contribution in [2.75, 3.05) is 31.1 Å². The molecule has 4 rings (SSSR count). The summed E-state index contributed by atoms with van der Waals surface area (Å²) in [6.45, 7) is 7.69. The van der Waals surface area contributed by atoms with Crippen LogP contribution in [0.1, 0.15) is 38.2 Å². The zero-order chi connectivity index (χ0) is 20.2. The molecule has 1 aliphatic heterocycles. The third-order valence-electron chi connectivity index (χ3n) is 5.95. The number of benzene rings is 2. The normalized spacial score (nSPS) is 16.2. The Balaban J connectivity index is 1.41. The average molecular weight is 391 g/mol. The van der Waals surface area contributed by atoms with Crippen molar-refractivity contribution >= 4 is 22.9 Å². The highest BCUT2D eigenvalue weighted by molar-refractivity contribution is 5.78. The fourth-order valence-electron chi connectivity index (χ4n) is 4.22. The van der Waals surface area contributed by atoms with Crippen LogP contribution in [0.25, 0.3) is 11.0 Å². The van der Waals surface area contributed by atoms with E-state index in [-0.39, 0.29) is 11.8 Å². The molecule has 0 radical (unpaired) electrons. The molecule has 0 saturated carbocycles. The second-order valence-corrected chi connectivity index (χ2v) is 8.26. The highest BCUT2D eigenvalue weighted by atomic mass is 16.2. The molecule has 0 spiro atoms. The number of anilines is 1. The van der Waals surface area contributed by atoms with Gasteiger partial charge in [0.15, 0.2) is 0 Å². The third kappa shape index (κ3) is 4.44. The van der Waals surface area contributed by atoms with Crippen LogP contribution in [0, 0.1) is 5.92 Å². The molecule has 0 bridgehead atoms. The Labute approximate surface area is 172 Å². The van der Waals surface area contributed by atoms with Crippen molar-refractivity contribution in [3.05, 3.63) is 60.2 Å². The van der Waals surface area contributed by atoms with Crippen LogP contribution in [-0.4, -0.2) is 47.0 Å². The number of amides is 1. The Kier molecular flexibility index (Phi) is 5.84. The van der Waals surface area contributed by atoms with Gasteiger partial charge < -0.3 is 14.8 Å². The SMILES string of the molecule is CC(C)C(CC(=O)N1CCCN(c2nc3ccccc3[nH]2)CC1)c1ccccc1. The van der Waals surface area contributed by atoms with Gasteiger partial charge in [0.25, 0.3) is 0 Å². The first-order valence-electron chi connectivity index (χ1n) is 10.6. The lowest BCUT2D eigenvalue weighted by molar-refractivity contribution is -0.131. The summed E-state index contributed by atoms with van der Waals surface area (Å²) in [5, 5.41) is 0. The molecule has 152 valence electrons. The quantitative estimate of drug-likeness (QED) is 0.701. The molecule has 1 saturated heterocycles. The Hall–Kier alpha value is -2.82. The van der Waals surface area contributed by atoms with Crippen LogP contribution < -0.4 is 4.90 Å². The van der Waals surface area contributed by atoms with Crippen molar-refractivity contribution in [1.82, 2.24) is 14.9 Å². The average Bonchev–Trinajstić information content (AvgIpc) is 3.01. The molecule has 5 nitrogen and oxygen atoms in total. The van der Waals surface area contributed by atoms with Crippen LogP contribution in [0.2, 0.25) is 0 Å². The molecule has 29 heavy (non-hydrogen) atoms. The van der Waals surface area contributed by atoms with E-state index in [1.165, 1.54) is 5.56 Å². The van der Waals surface area contributed by atoms with Crippen LogP contribution in [0.4, 0.5) is 5.95 Å². The van der Waals surface area contributed by atoms with Gasteiger partial charge in [0, 0.05) is 32.6 Å². The Morgan fingerprint density at radius 1 is 1.00 bits per heavy atom. The predicted molar refractivity (Wildman–Crippen MR) is 118 cm³/mol. The van der Waals surface area contributed by atoms with Gasteiger partial charge in [0.1, 0.15) is 0 Å². The van der Waals surface area contributed by atoms with Gasteiger partial charge >= 0.3 is 0 Å². The second kappa shape index (κ2) is 8.68. The van der Waals surface area contributed by atoms with Gasteiger partial charge in [-0.1, -0.05) is 56.3 Å². The fourth-order valence-corrected chi connectivity index (χ4v) is 4.22. The first kappa shape index (κ1) is 19.5. The molecule has 1 unspecified atom stereocenters. The molecule has 2 heterocycles. The van der Waals surface area contributed by atoms with E-state index in [9.17, 15) is 4.79 Å². The summed E-state index contributed by atoms with van der Waals surface area (Å²) in [4.78, 5) is 25.6. The first-order chi connectivity index (χ1) is 14.1. The number of fused-ring (bicyclic) bond motifs is 1. The minimum atomic E-state index is 0.262. The zero-order valence-electron chi connectivity index (χ0n) is 17.3. The van der Waals surface area contributed by atoms with Crippen molar-refractivity contribution in [1.29, 1.82) is 0 Å². The maximum Gasteiger partial charge on any atom is 0.223 e. The van der Waals surface area contributed by atoms with E-state index in [2.05, 4.69) is 54.1 Å². The topological polar surface area (TPSA) is 52.2 Å². The summed E-state index contributed by atoms with van der Waals surface area (Å²) in [6.07, 6.45) is 1.53. The predicted octanol–water partition coefficient (Wildman–Crippen LogP) is 4.43. The van der Waals surface area contributed by atoms with Gasteiger partial charge in [-0.05, 0) is 36.0 Å². The number of aromatic amines is 1. The van der Waals surface area contributed by atoms with E-state index in [1.807, 2.05) is 29.2 Å². The van der Waals surface area contributed by atoms with Gasteiger partial charge in [0.2, 0.25) is 11.9 Å². The highest BCUT2D eigenvalue weighted by Gasteiger charge is 2.25. The van der Waals surface area contributed by atoms with Crippen molar-refractivity contribution < 1.29 is 4.79 Å². The molecule has 0 aliphatic carbocycles. The van der Waals surface area contributed by atoms with E-state index in [1.54, 1.807) is 0 Å². The number of aromatic nitrogens is 2. The highest BCUT2D eigenvalue weighted by Crippen LogP contribution is 2.29. The minimum Gasteiger partial charge on any atom is -0.341 e. The van der Waals surface area contributed by atoms with Crippen LogP contribution in [-0.2, 0) is 4.79 Å². The van der Waals surface area contributed by atoms with Crippen LogP contribution >= 0.6 is 0 Å². The monoisotopic (exact) mass is 390 g/mol. The van der Waals surface area contributed by atoms with Crippen LogP contribution in [0.5, 0.6) is 0 Å². The number of rotatable bonds is 5.